The van der Waals surface area contributed by atoms with Gasteiger partial charge >= 0.3 is 24.1 Å². The van der Waals surface area contributed by atoms with Crippen LogP contribution in [0.1, 0.15) is 67.2 Å². The summed E-state index contributed by atoms with van der Waals surface area (Å²) in [6, 6.07) is -2.09. The smallest absolute Gasteiger partial charge is 0.411 e. The monoisotopic (exact) mass is 444 g/mol. The summed E-state index contributed by atoms with van der Waals surface area (Å²) in [7, 11) is 2.49. The number of carbonyl (C=O) groups excluding carboxylic acids is 4. The van der Waals surface area contributed by atoms with Crippen molar-refractivity contribution in [2.24, 2.45) is 0 Å². The molecule has 1 N–H and O–H groups in total. The molecule has 0 aliphatic carbocycles. The van der Waals surface area contributed by atoms with Gasteiger partial charge in [0, 0.05) is 6.04 Å². The molecule has 0 aromatic rings. The first-order valence-electron chi connectivity index (χ1n) is 10.3. The minimum atomic E-state index is -0.961. The van der Waals surface area contributed by atoms with Gasteiger partial charge in [-0.25, -0.2) is 19.2 Å². The van der Waals surface area contributed by atoms with E-state index < -0.39 is 47.4 Å². The van der Waals surface area contributed by atoms with Gasteiger partial charge in [-0.05, 0) is 67.2 Å². The number of ether oxygens (including phenoxy) is 4. The highest BCUT2D eigenvalue weighted by Crippen LogP contribution is 2.30. The molecule has 10 heteroatoms. The van der Waals surface area contributed by atoms with Gasteiger partial charge in [-0.15, -0.1) is 0 Å². The highest BCUT2D eigenvalue weighted by Gasteiger charge is 2.43. The second-order valence-electron chi connectivity index (χ2n) is 9.46. The van der Waals surface area contributed by atoms with Gasteiger partial charge in [0.15, 0.2) is 0 Å². The zero-order valence-corrected chi connectivity index (χ0v) is 19.8. The number of nitrogens with zero attached hydrogens (tertiary/aromatic N) is 1. The molecule has 1 fully saturated rings. The van der Waals surface area contributed by atoms with E-state index in [4.69, 9.17) is 18.9 Å². The van der Waals surface area contributed by atoms with Gasteiger partial charge in [0.05, 0.1) is 14.2 Å². The maximum Gasteiger partial charge on any atom is 0.411 e. The third kappa shape index (κ3) is 8.63. The van der Waals surface area contributed by atoms with E-state index in [2.05, 4.69) is 5.32 Å². The molecule has 10 nitrogen and oxygen atoms in total. The Morgan fingerprint density at radius 3 is 2.00 bits per heavy atom. The number of nitrogens with one attached hydrogen (secondary N) is 1. The first-order chi connectivity index (χ1) is 14.2. The van der Waals surface area contributed by atoms with Crippen molar-refractivity contribution in [1.29, 1.82) is 0 Å². The van der Waals surface area contributed by atoms with Gasteiger partial charge in [0.2, 0.25) is 0 Å². The Morgan fingerprint density at radius 1 is 0.935 bits per heavy atom. The highest BCUT2D eigenvalue weighted by atomic mass is 16.6. The summed E-state index contributed by atoms with van der Waals surface area (Å²) in [6.45, 7) is 10.3. The first kappa shape index (κ1) is 26.5. The number of esters is 2. The minimum Gasteiger partial charge on any atom is -0.467 e. The van der Waals surface area contributed by atoms with E-state index in [1.54, 1.807) is 41.5 Å². The molecular formula is C21H36N2O8. The van der Waals surface area contributed by atoms with E-state index in [-0.39, 0.29) is 12.5 Å². The zero-order chi connectivity index (χ0) is 24.0. The maximum atomic E-state index is 12.8. The standard InChI is InChI=1S/C21H36N2O8/c1-20(2,3)30-18(26)22-14(16(24)28-7)11-9-13-10-12-15(17(25)29-8)23(13)19(27)31-21(4,5)6/h13-15H,9-12H2,1-8H3,(H,22,26)/t13?,14-,15-/m0/s1. The van der Waals surface area contributed by atoms with Gasteiger partial charge < -0.3 is 24.3 Å². The van der Waals surface area contributed by atoms with Crippen molar-refractivity contribution in [2.75, 3.05) is 14.2 Å². The molecule has 0 aromatic carbocycles. The topological polar surface area (TPSA) is 120 Å². The lowest BCUT2D eigenvalue weighted by Gasteiger charge is -2.32. The lowest BCUT2D eigenvalue weighted by atomic mass is 10.0. The number of carbonyl (C=O) groups is 4. The molecule has 0 bridgehead atoms. The van der Waals surface area contributed by atoms with Crippen LogP contribution in [0.2, 0.25) is 0 Å². The van der Waals surface area contributed by atoms with Crippen LogP contribution in [0, 0.1) is 0 Å². The Hall–Kier alpha value is -2.52. The molecular weight excluding hydrogens is 408 g/mol. The molecule has 0 radical (unpaired) electrons. The molecule has 1 saturated heterocycles. The van der Waals surface area contributed by atoms with Crippen LogP contribution in [-0.4, -0.2) is 72.6 Å². The Labute approximate surface area is 183 Å². The number of hydrogen-bond donors (Lipinski definition) is 1. The van der Waals surface area contributed by atoms with Crippen LogP contribution in [0.4, 0.5) is 9.59 Å². The molecule has 1 aliphatic heterocycles. The number of rotatable bonds is 6. The Kier molecular flexibility index (Phi) is 9.13. The van der Waals surface area contributed by atoms with Crippen molar-refractivity contribution >= 4 is 24.1 Å². The Balaban J connectivity index is 2.93. The third-order valence-electron chi connectivity index (χ3n) is 4.55. The van der Waals surface area contributed by atoms with Crippen LogP contribution in [0.25, 0.3) is 0 Å². The quantitative estimate of drug-likeness (QED) is 0.490. The van der Waals surface area contributed by atoms with Crippen molar-refractivity contribution < 1.29 is 38.1 Å². The molecule has 3 atom stereocenters. The number of alkyl carbamates (subject to hydrolysis) is 1. The van der Waals surface area contributed by atoms with Crippen molar-refractivity contribution in [1.82, 2.24) is 10.2 Å². The number of likely N-dealkylation sites (tertiary alicyclic amines) is 1. The molecule has 178 valence electrons. The van der Waals surface area contributed by atoms with E-state index in [0.29, 0.717) is 19.3 Å². The van der Waals surface area contributed by atoms with Gasteiger partial charge in [-0.3, -0.25) is 4.90 Å². The van der Waals surface area contributed by atoms with Crippen LogP contribution >= 0.6 is 0 Å². The predicted molar refractivity (Wildman–Crippen MR) is 111 cm³/mol. The first-order valence-corrected chi connectivity index (χ1v) is 10.3. The van der Waals surface area contributed by atoms with Crippen molar-refractivity contribution in [3.63, 3.8) is 0 Å². The second-order valence-corrected chi connectivity index (χ2v) is 9.46. The summed E-state index contributed by atoms with van der Waals surface area (Å²) in [6.07, 6.45) is 0.0931. The Morgan fingerprint density at radius 2 is 1.52 bits per heavy atom. The van der Waals surface area contributed by atoms with Crippen LogP contribution in [0.5, 0.6) is 0 Å². The summed E-state index contributed by atoms with van der Waals surface area (Å²) < 4.78 is 20.3. The average Bonchev–Trinajstić information content (AvgIpc) is 3.04. The summed E-state index contributed by atoms with van der Waals surface area (Å²) in [5.74, 6) is -1.15. The fraction of sp³-hybridized carbons (Fsp3) is 0.810. The van der Waals surface area contributed by atoms with Gasteiger partial charge in [0.1, 0.15) is 23.3 Å². The van der Waals surface area contributed by atoms with Crippen molar-refractivity contribution in [3.05, 3.63) is 0 Å². The summed E-state index contributed by atoms with van der Waals surface area (Å²) >= 11 is 0. The molecule has 1 unspecified atom stereocenters. The average molecular weight is 445 g/mol. The molecule has 31 heavy (non-hydrogen) atoms. The lowest BCUT2D eigenvalue weighted by Crippen LogP contribution is -2.49. The zero-order valence-electron chi connectivity index (χ0n) is 19.8. The van der Waals surface area contributed by atoms with Gasteiger partial charge in [0.25, 0.3) is 0 Å². The number of amides is 2. The molecule has 0 aromatic heterocycles. The van der Waals surface area contributed by atoms with Crippen LogP contribution < -0.4 is 5.32 Å². The van der Waals surface area contributed by atoms with Crippen molar-refractivity contribution in [2.45, 2.75) is 96.6 Å². The normalized spacial score (nSPS) is 19.9. The SMILES string of the molecule is COC(=O)[C@H](CCC1CC[C@@H](C(=O)OC)N1C(=O)OC(C)(C)C)NC(=O)OC(C)(C)C. The van der Waals surface area contributed by atoms with E-state index in [1.807, 2.05) is 0 Å². The summed E-state index contributed by atoms with van der Waals surface area (Å²) in [5.41, 5.74) is -1.46. The van der Waals surface area contributed by atoms with E-state index in [0.717, 1.165) is 0 Å². The minimum absolute atomic E-state index is 0.184. The molecule has 1 rings (SSSR count). The fourth-order valence-corrected chi connectivity index (χ4v) is 3.32. The molecule has 2 amide bonds. The van der Waals surface area contributed by atoms with Crippen molar-refractivity contribution in [3.8, 4) is 0 Å². The highest BCUT2D eigenvalue weighted by molar-refractivity contribution is 5.83. The van der Waals surface area contributed by atoms with Gasteiger partial charge in [-0.2, -0.15) is 0 Å². The largest absolute Gasteiger partial charge is 0.467 e. The van der Waals surface area contributed by atoms with Crippen LogP contribution in [0.15, 0.2) is 0 Å². The molecule has 1 heterocycles. The van der Waals surface area contributed by atoms with E-state index >= 15 is 0 Å². The molecule has 0 saturated carbocycles. The van der Waals surface area contributed by atoms with Gasteiger partial charge in [-0.1, -0.05) is 0 Å². The number of hydrogen-bond acceptors (Lipinski definition) is 8. The van der Waals surface area contributed by atoms with Crippen LogP contribution in [-0.2, 0) is 28.5 Å². The molecule has 1 aliphatic rings. The third-order valence-corrected chi connectivity index (χ3v) is 4.55. The Bertz CT molecular complexity index is 665. The van der Waals surface area contributed by atoms with E-state index in [9.17, 15) is 19.2 Å². The maximum absolute atomic E-state index is 12.8. The lowest BCUT2D eigenvalue weighted by molar-refractivity contribution is -0.146. The number of methoxy groups -OCH3 is 2. The van der Waals surface area contributed by atoms with E-state index in [1.165, 1.54) is 19.1 Å². The summed E-state index contributed by atoms with van der Waals surface area (Å²) in [5, 5.41) is 2.51. The summed E-state index contributed by atoms with van der Waals surface area (Å²) in [4.78, 5) is 50.6. The second kappa shape index (κ2) is 10.7. The van der Waals surface area contributed by atoms with Crippen LogP contribution in [0.3, 0.4) is 0 Å². The fourth-order valence-electron chi connectivity index (χ4n) is 3.32. The predicted octanol–water partition coefficient (Wildman–Crippen LogP) is 2.77. The molecule has 0 spiro atoms.